The molecule has 0 radical (unpaired) electrons. The van der Waals surface area contributed by atoms with Gasteiger partial charge in [0.2, 0.25) is 0 Å². The van der Waals surface area contributed by atoms with Crippen LogP contribution in [0.1, 0.15) is 34.0 Å². The summed E-state index contributed by atoms with van der Waals surface area (Å²) >= 11 is 0. The van der Waals surface area contributed by atoms with E-state index in [1.807, 2.05) is 0 Å². The van der Waals surface area contributed by atoms with Crippen molar-refractivity contribution in [2.24, 2.45) is 0 Å². The van der Waals surface area contributed by atoms with E-state index in [2.05, 4.69) is 102 Å². The molecule has 5 aromatic rings. The van der Waals surface area contributed by atoms with Gasteiger partial charge in [-0.05, 0) is 48.7 Å². The number of aromatic amines is 2. The Hall–Kier alpha value is -3.50. The van der Waals surface area contributed by atoms with Gasteiger partial charge in [-0.1, -0.05) is 54.6 Å². The Morgan fingerprint density at radius 2 is 1.21 bits per heavy atom. The Morgan fingerprint density at radius 1 is 0.697 bits per heavy atom. The first-order valence-corrected chi connectivity index (χ1v) is 11.8. The number of benzene rings is 3. The zero-order valence-corrected chi connectivity index (χ0v) is 19.2. The second-order valence-electron chi connectivity index (χ2n) is 9.01. The van der Waals surface area contributed by atoms with Crippen molar-refractivity contribution in [1.29, 1.82) is 0 Å². The van der Waals surface area contributed by atoms with Crippen LogP contribution in [0.2, 0.25) is 0 Å². The molecule has 6 rings (SSSR count). The number of fused-ring (bicyclic) bond motifs is 2. The number of anilines is 1. The molecule has 3 heterocycles. The minimum absolute atomic E-state index is 0.108. The minimum Gasteiger partial charge on any atom is -0.378 e. The number of rotatable bonds is 4. The zero-order chi connectivity index (χ0) is 22.4. The van der Waals surface area contributed by atoms with Crippen LogP contribution in [0, 0.1) is 13.8 Å². The van der Waals surface area contributed by atoms with Crippen molar-refractivity contribution >= 4 is 27.5 Å². The van der Waals surface area contributed by atoms with Crippen molar-refractivity contribution in [2.45, 2.75) is 19.8 Å². The fourth-order valence-corrected chi connectivity index (χ4v) is 5.62. The molecule has 0 atom stereocenters. The van der Waals surface area contributed by atoms with Crippen LogP contribution in [0.25, 0.3) is 21.8 Å². The SMILES string of the molecule is Cc1[nH]c2ccccc2c1C(c1ccccc1N1CCOCC1)c1c(C)[nH]c2ccccc12. The smallest absolute Gasteiger partial charge is 0.0642 e. The Bertz CT molecular complexity index is 1360. The summed E-state index contributed by atoms with van der Waals surface area (Å²) in [5.41, 5.74) is 10.2. The van der Waals surface area contributed by atoms with Crippen LogP contribution >= 0.6 is 0 Å². The molecule has 4 heteroatoms. The predicted octanol–water partition coefficient (Wildman–Crippen LogP) is 6.28. The third kappa shape index (κ3) is 3.33. The van der Waals surface area contributed by atoms with Gasteiger partial charge in [0.1, 0.15) is 0 Å². The van der Waals surface area contributed by atoms with E-state index in [0.29, 0.717) is 0 Å². The average molecular weight is 436 g/mol. The molecule has 3 aromatic carbocycles. The van der Waals surface area contributed by atoms with Gasteiger partial charge < -0.3 is 19.6 Å². The standard InChI is InChI=1S/C29H29N3O/c1-19-27(21-9-3-6-12-24(21)30-19)29(28-20(2)31-25-13-7-4-10-22(25)28)23-11-5-8-14-26(23)32-15-17-33-18-16-32/h3-14,29-31H,15-18H2,1-2H3. The van der Waals surface area contributed by atoms with Gasteiger partial charge >= 0.3 is 0 Å². The number of aryl methyl sites for hydroxylation is 2. The van der Waals surface area contributed by atoms with Crippen LogP contribution in [-0.2, 0) is 4.74 Å². The normalized spacial score (nSPS) is 14.6. The highest BCUT2D eigenvalue weighted by molar-refractivity contribution is 5.91. The highest BCUT2D eigenvalue weighted by Crippen LogP contribution is 2.45. The van der Waals surface area contributed by atoms with Gasteiger partial charge in [0, 0.05) is 57.9 Å². The van der Waals surface area contributed by atoms with Gasteiger partial charge in [-0.25, -0.2) is 0 Å². The number of morpholine rings is 1. The van der Waals surface area contributed by atoms with Gasteiger partial charge in [0.05, 0.1) is 13.2 Å². The summed E-state index contributed by atoms with van der Waals surface area (Å²) in [4.78, 5) is 9.81. The largest absolute Gasteiger partial charge is 0.378 e. The van der Waals surface area contributed by atoms with Crippen LogP contribution in [0.15, 0.2) is 72.8 Å². The molecule has 1 saturated heterocycles. The Balaban J connectivity index is 1.67. The molecule has 0 spiro atoms. The highest BCUT2D eigenvalue weighted by atomic mass is 16.5. The van der Waals surface area contributed by atoms with Crippen molar-refractivity contribution in [1.82, 2.24) is 9.97 Å². The first kappa shape index (κ1) is 20.1. The summed E-state index contributed by atoms with van der Waals surface area (Å²) < 4.78 is 5.67. The van der Waals surface area contributed by atoms with Crippen LogP contribution in [-0.4, -0.2) is 36.3 Å². The van der Waals surface area contributed by atoms with E-state index in [1.165, 1.54) is 55.6 Å². The molecule has 4 nitrogen and oxygen atoms in total. The maximum absolute atomic E-state index is 5.67. The van der Waals surface area contributed by atoms with E-state index in [4.69, 9.17) is 4.74 Å². The van der Waals surface area contributed by atoms with Gasteiger partial charge in [-0.2, -0.15) is 0 Å². The third-order valence-corrected chi connectivity index (χ3v) is 7.06. The topological polar surface area (TPSA) is 44.0 Å². The zero-order valence-electron chi connectivity index (χ0n) is 19.2. The summed E-state index contributed by atoms with van der Waals surface area (Å²) in [6, 6.07) is 26.3. The molecular weight excluding hydrogens is 406 g/mol. The molecule has 2 aromatic heterocycles. The fraction of sp³-hybridized carbons (Fsp3) is 0.241. The Morgan fingerprint density at radius 3 is 1.82 bits per heavy atom. The molecule has 33 heavy (non-hydrogen) atoms. The van der Waals surface area contributed by atoms with Crippen molar-refractivity contribution < 1.29 is 4.74 Å². The molecule has 1 fully saturated rings. The molecule has 0 amide bonds. The molecular formula is C29H29N3O. The quantitative estimate of drug-likeness (QED) is 0.349. The molecule has 2 N–H and O–H groups in total. The molecule has 166 valence electrons. The molecule has 1 aliphatic rings. The van der Waals surface area contributed by atoms with Gasteiger partial charge in [0.25, 0.3) is 0 Å². The maximum atomic E-state index is 5.67. The number of hydrogen-bond donors (Lipinski definition) is 2. The monoisotopic (exact) mass is 435 g/mol. The van der Waals surface area contributed by atoms with Crippen LogP contribution < -0.4 is 4.90 Å². The second-order valence-corrected chi connectivity index (χ2v) is 9.01. The summed E-state index contributed by atoms with van der Waals surface area (Å²) in [5, 5.41) is 2.59. The van der Waals surface area contributed by atoms with Crippen LogP contribution in [0.4, 0.5) is 5.69 Å². The Kier molecular flexibility index (Phi) is 4.96. The summed E-state index contributed by atoms with van der Waals surface area (Å²) in [6.45, 7) is 7.81. The number of nitrogens with zero attached hydrogens (tertiary/aromatic N) is 1. The summed E-state index contributed by atoms with van der Waals surface area (Å²) in [5.74, 6) is 0.108. The van der Waals surface area contributed by atoms with Crippen molar-refractivity contribution in [2.75, 3.05) is 31.2 Å². The van der Waals surface area contributed by atoms with Gasteiger partial charge in [-0.3, -0.25) is 0 Å². The lowest BCUT2D eigenvalue weighted by Crippen LogP contribution is -2.37. The third-order valence-electron chi connectivity index (χ3n) is 7.06. The predicted molar refractivity (Wildman–Crippen MR) is 136 cm³/mol. The van der Waals surface area contributed by atoms with Crippen molar-refractivity contribution in [3.05, 3.63) is 101 Å². The number of nitrogens with one attached hydrogen (secondary N) is 2. The van der Waals surface area contributed by atoms with E-state index in [0.717, 1.165) is 26.3 Å². The molecule has 0 saturated carbocycles. The number of aromatic nitrogens is 2. The maximum Gasteiger partial charge on any atom is 0.0642 e. The van der Waals surface area contributed by atoms with E-state index in [-0.39, 0.29) is 5.92 Å². The van der Waals surface area contributed by atoms with E-state index in [9.17, 15) is 0 Å². The van der Waals surface area contributed by atoms with Crippen LogP contribution in [0.5, 0.6) is 0 Å². The number of para-hydroxylation sites is 3. The first-order valence-electron chi connectivity index (χ1n) is 11.8. The Labute approximate surface area is 194 Å². The lowest BCUT2D eigenvalue weighted by atomic mass is 9.81. The van der Waals surface area contributed by atoms with Crippen molar-refractivity contribution in [3.63, 3.8) is 0 Å². The van der Waals surface area contributed by atoms with Gasteiger partial charge in [0.15, 0.2) is 0 Å². The summed E-state index contributed by atoms with van der Waals surface area (Å²) in [6.07, 6.45) is 0. The van der Waals surface area contributed by atoms with Crippen LogP contribution in [0.3, 0.4) is 0 Å². The van der Waals surface area contributed by atoms with Crippen molar-refractivity contribution in [3.8, 4) is 0 Å². The van der Waals surface area contributed by atoms with E-state index < -0.39 is 0 Å². The van der Waals surface area contributed by atoms with Gasteiger partial charge in [-0.15, -0.1) is 0 Å². The number of ether oxygens (including phenoxy) is 1. The second kappa shape index (κ2) is 8.13. The highest BCUT2D eigenvalue weighted by Gasteiger charge is 2.30. The van der Waals surface area contributed by atoms with E-state index in [1.54, 1.807) is 0 Å². The molecule has 0 bridgehead atoms. The van der Waals surface area contributed by atoms with E-state index >= 15 is 0 Å². The number of H-pyrrole nitrogens is 2. The first-order chi connectivity index (χ1) is 16.2. The lowest BCUT2D eigenvalue weighted by molar-refractivity contribution is 0.122. The lowest BCUT2D eigenvalue weighted by Gasteiger charge is -2.33. The number of hydrogen-bond acceptors (Lipinski definition) is 2. The molecule has 0 aliphatic carbocycles. The molecule has 0 unspecified atom stereocenters. The summed E-state index contributed by atoms with van der Waals surface area (Å²) in [7, 11) is 0. The fourth-order valence-electron chi connectivity index (χ4n) is 5.62. The molecule has 1 aliphatic heterocycles. The average Bonchev–Trinajstić information content (AvgIpc) is 3.36. The minimum atomic E-state index is 0.108.